The van der Waals surface area contributed by atoms with Crippen LogP contribution in [-0.4, -0.2) is 60.5 Å². The van der Waals surface area contributed by atoms with E-state index in [0.29, 0.717) is 35.7 Å². The first kappa shape index (κ1) is 18.6. The highest BCUT2D eigenvalue weighted by Crippen LogP contribution is 2.25. The van der Waals surface area contributed by atoms with E-state index in [-0.39, 0.29) is 12.5 Å². The molecule has 0 bridgehead atoms. The van der Waals surface area contributed by atoms with Gasteiger partial charge < -0.3 is 19.0 Å². The third-order valence-corrected chi connectivity index (χ3v) is 5.59. The van der Waals surface area contributed by atoms with Crippen molar-refractivity contribution in [2.45, 2.75) is 6.92 Å². The van der Waals surface area contributed by atoms with Gasteiger partial charge in [0.25, 0.3) is 5.91 Å². The molecule has 1 aliphatic heterocycles. The average molecular weight is 399 g/mol. The average Bonchev–Trinajstić information content (AvgIpc) is 3.12. The Morgan fingerprint density at radius 2 is 2.04 bits per heavy atom. The van der Waals surface area contributed by atoms with Crippen molar-refractivity contribution in [2.24, 2.45) is 0 Å². The minimum absolute atomic E-state index is 0.0321. The Morgan fingerprint density at radius 3 is 2.75 bits per heavy atom. The molecular weight excluding hydrogens is 378 g/mol. The first-order valence-electron chi connectivity index (χ1n) is 9.09. The Bertz CT molecular complexity index is 1070. The van der Waals surface area contributed by atoms with E-state index in [1.807, 2.05) is 30.3 Å². The minimum atomic E-state index is -0.441. The van der Waals surface area contributed by atoms with Crippen molar-refractivity contribution in [3.05, 3.63) is 45.1 Å². The molecule has 146 valence electrons. The zero-order valence-electron chi connectivity index (χ0n) is 15.8. The number of amides is 1. The van der Waals surface area contributed by atoms with Crippen molar-refractivity contribution < 1.29 is 13.9 Å². The molecule has 4 rings (SSSR count). The van der Waals surface area contributed by atoms with Crippen LogP contribution in [0.2, 0.25) is 0 Å². The molecule has 3 heterocycles. The van der Waals surface area contributed by atoms with E-state index in [1.165, 1.54) is 11.3 Å². The maximum absolute atomic E-state index is 12.3. The molecule has 0 radical (unpaired) electrons. The predicted molar refractivity (Wildman–Crippen MR) is 108 cm³/mol. The van der Waals surface area contributed by atoms with Crippen LogP contribution in [0.3, 0.4) is 0 Å². The molecule has 0 aliphatic carbocycles. The summed E-state index contributed by atoms with van der Waals surface area (Å²) in [6.07, 6.45) is 0. The van der Waals surface area contributed by atoms with Crippen LogP contribution in [0.25, 0.3) is 22.2 Å². The predicted octanol–water partition coefficient (Wildman–Crippen LogP) is 2.38. The van der Waals surface area contributed by atoms with E-state index in [9.17, 15) is 9.59 Å². The van der Waals surface area contributed by atoms with Gasteiger partial charge in [0.2, 0.25) is 0 Å². The van der Waals surface area contributed by atoms with Gasteiger partial charge in [0.1, 0.15) is 11.3 Å². The fourth-order valence-electron chi connectivity index (χ4n) is 3.14. The lowest BCUT2D eigenvalue weighted by Gasteiger charge is -2.32. The third-order valence-electron chi connectivity index (χ3n) is 4.82. The minimum Gasteiger partial charge on any atom is -0.484 e. The number of carbonyl (C=O) groups is 1. The number of aryl methyl sites for hydroxylation is 1. The fourth-order valence-corrected chi connectivity index (χ4v) is 3.75. The van der Waals surface area contributed by atoms with Gasteiger partial charge in [-0.1, -0.05) is 0 Å². The van der Waals surface area contributed by atoms with Gasteiger partial charge in [-0.25, -0.2) is 9.78 Å². The molecule has 8 heteroatoms. The van der Waals surface area contributed by atoms with Crippen LogP contribution in [0, 0.1) is 6.92 Å². The largest absolute Gasteiger partial charge is 0.484 e. The Labute approximate surface area is 166 Å². The summed E-state index contributed by atoms with van der Waals surface area (Å²) in [6, 6.07) is 7.01. The normalized spacial score (nSPS) is 15.1. The SMILES string of the molecule is Cc1nc(-c2cc3ccc(OCC(=O)N4CCN(C)CC4)cc3oc2=O)cs1. The number of fused-ring (bicyclic) bond motifs is 1. The van der Waals surface area contributed by atoms with Crippen molar-refractivity contribution >= 4 is 28.2 Å². The highest BCUT2D eigenvalue weighted by atomic mass is 32.1. The Balaban J connectivity index is 1.49. The Morgan fingerprint density at radius 1 is 1.25 bits per heavy atom. The molecular formula is C20H21N3O4S. The number of thiazole rings is 1. The van der Waals surface area contributed by atoms with Gasteiger partial charge in [-0.2, -0.15) is 0 Å². The van der Waals surface area contributed by atoms with Crippen LogP contribution >= 0.6 is 11.3 Å². The molecule has 1 aliphatic rings. The van der Waals surface area contributed by atoms with Crippen LogP contribution in [0.4, 0.5) is 0 Å². The van der Waals surface area contributed by atoms with Crippen LogP contribution in [-0.2, 0) is 4.79 Å². The molecule has 0 N–H and O–H groups in total. The van der Waals surface area contributed by atoms with Crippen LogP contribution < -0.4 is 10.4 Å². The standard InChI is InChI=1S/C20H21N3O4S/c1-13-21-17(12-28-13)16-9-14-3-4-15(10-18(14)27-20(16)25)26-11-19(24)23-7-5-22(2)6-8-23/h3-4,9-10,12H,5-8,11H2,1-2H3. The number of carbonyl (C=O) groups excluding carboxylic acids is 1. The molecule has 0 atom stereocenters. The second-order valence-electron chi connectivity index (χ2n) is 6.87. The number of nitrogens with zero attached hydrogens (tertiary/aromatic N) is 3. The number of rotatable bonds is 4. The molecule has 3 aromatic rings. The van der Waals surface area contributed by atoms with E-state index in [0.717, 1.165) is 23.5 Å². The van der Waals surface area contributed by atoms with Crippen LogP contribution in [0.1, 0.15) is 5.01 Å². The first-order chi connectivity index (χ1) is 13.5. The van der Waals surface area contributed by atoms with Gasteiger partial charge in [-0.05, 0) is 32.2 Å². The molecule has 28 heavy (non-hydrogen) atoms. The molecule has 0 spiro atoms. The van der Waals surface area contributed by atoms with Gasteiger partial charge in [0.15, 0.2) is 6.61 Å². The molecule has 1 amide bonds. The summed E-state index contributed by atoms with van der Waals surface area (Å²) in [5.41, 5.74) is 1.04. The first-order valence-corrected chi connectivity index (χ1v) is 9.97. The van der Waals surface area contributed by atoms with Crippen molar-refractivity contribution in [3.63, 3.8) is 0 Å². The second kappa shape index (κ2) is 7.73. The summed E-state index contributed by atoms with van der Waals surface area (Å²) in [4.78, 5) is 33.0. The summed E-state index contributed by atoms with van der Waals surface area (Å²) in [6.45, 7) is 5.02. The maximum atomic E-state index is 12.3. The van der Waals surface area contributed by atoms with E-state index in [2.05, 4.69) is 9.88 Å². The molecule has 1 aromatic carbocycles. The number of hydrogen-bond acceptors (Lipinski definition) is 7. The zero-order valence-corrected chi connectivity index (χ0v) is 16.6. The molecule has 1 saturated heterocycles. The monoisotopic (exact) mass is 399 g/mol. The molecule has 0 unspecified atom stereocenters. The van der Waals surface area contributed by atoms with Crippen LogP contribution in [0.15, 0.2) is 38.9 Å². The summed E-state index contributed by atoms with van der Waals surface area (Å²) in [5.74, 6) is 0.458. The van der Waals surface area contributed by atoms with Gasteiger partial charge in [-0.15, -0.1) is 11.3 Å². The highest BCUT2D eigenvalue weighted by molar-refractivity contribution is 7.09. The summed E-state index contributed by atoms with van der Waals surface area (Å²) in [7, 11) is 2.04. The molecule has 7 nitrogen and oxygen atoms in total. The maximum Gasteiger partial charge on any atom is 0.345 e. The quantitative estimate of drug-likeness (QED) is 0.627. The van der Waals surface area contributed by atoms with Crippen molar-refractivity contribution in [3.8, 4) is 17.0 Å². The number of benzene rings is 1. The van der Waals surface area contributed by atoms with Crippen LogP contribution in [0.5, 0.6) is 5.75 Å². The van der Waals surface area contributed by atoms with Gasteiger partial charge in [0, 0.05) is 43.0 Å². The van der Waals surface area contributed by atoms with Gasteiger partial charge >= 0.3 is 5.63 Å². The summed E-state index contributed by atoms with van der Waals surface area (Å²) >= 11 is 1.49. The Hall–Kier alpha value is -2.71. The Kier molecular flexibility index (Phi) is 5.15. The van der Waals surface area contributed by atoms with E-state index < -0.39 is 5.63 Å². The van der Waals surface area contributed by atoms with Crippen molar-refractivity contribution in [1.29, 1.82) is 0 Å². The number of ether oxygens (including phenoxy) is 1. The van der Waals surface area contributed by atoms with E-state index in [1.54, 1.807) is 18.2 Å². The molecule has 2 aromatic heterocycles. The van der Waals surface area contributed by atoms with Gasteiger partial charge in [0.05, 0.1) is 16.3 Å². The van der Waals surface area contributed by atoms with Gasteiger partial charge in [-0.3, -0.25) is 4.79 Å². The number of piperazine rings is 1. The number of likely N-dealkylation sites (N-methyl/N-ethyl adjacent to an activating group) is 1. The summed E-state index contributed by atoms with van der Waals surface area (Å²) in [5, 5.41) is 3.51. The zero-order chi connectivity index (χ0) is 19.7. The highest BCUT2D eigenvalue weighted by Gasteiger charge is 2.19. The smallest absolute Gasteiger partial charge is 0.345 e. The third kappa shape index (κ3) is 3.93. The number of aromatic nitrogens is 1. The summed E-state index contributed by atoms with van der Waals surface area (Å²) < 4.78 is 11.1. The molecule has 0 saturated carbocycles. The lowest BCUT2D eigenvalue weighted by atomic mass is 10.1. The second-order valence-corrected chi connectivity index (χ2v) is 7.93. The number of hydrogen-bond donors (Lipinski definition) is 0. The fraction of sp³-hybridized carbons (Fsp3) is 0.350. The van der Waals surface area contributed by atoms with Crippen molar-refractivity contribution in [1.82, 2.24) is 14.8 Å². The molecule has 1 fully saturated rings. The lowest BCUT2D eigenvalue weighted by Crippen LogP contribution is -2.48. The van der Waals surface area contributed by atoms with E-state index in [4.69, 9.17) is 9.15 Å². The van der Waals surface area contributed by atoms with Crippen molar-refractivity contribution in [2.75, 3.05) is 39.8 Å². The lowest BCUT2D eigenvalue weighted by molar-refractivity contribution is -0.134. The van der Waals surface area contributed by atoms with E-state index >= 15 is 0 Å². The topological polar surface area (TPSA) is 75.9 Å².